The number of nitrogens with one attached hydrogen (secondary N) is 1. The van der Waals surface area contributed by atoms with E-state index < -0.39 is 5.60 Å². The molecule has 176 valence electrons. The minimum absolute atomic E-state index is 0.323. The number of aromatic amines is 1. The number of fused-ring (bicyclic) bond motifs is 1. The van der Waals surface area contributed by atoms with Gasteiger partial charge in [0.15, 0.2) is 5.60 Å². The van der Waals surface area contributed by atoms with Gasteiger partial charge in [-0.2, -0.15) is 0 Å². The van der Waals surface area contributed by atoms with Crippen molar-refractivity contribution in [3.63, 3.8) is 0 Å². The van der Waals surface area contributed by atoms with Crippen LogP contribution in [0.2, 0.25) is 0 Å². The van der Waals surface area contributed by atoms with Crippen molar-refractivity contribution in [3.8, 4) is 11.1 Å². The van der Waals surface area contributed by atoms with Gasteiger partial charge in [0.2, 0.25) is 0 Å². The predicted octanol–water partition coefficient (Wildman–Crippen LogP) is 4.50. The van der Waals surface area contributed by atoms with Crippen LogP contribution in [-0.2, 0) is 5.60 Å². The van der Waals surface area contributed by atoms with Crippen LogP contribution in [0.4, 0.5) is 0 Å². The minimum Gasteiger partial charge on any atom is -0.373 e. The largest absolute Gasteiger partial charge is 0.373 e. The van der Waals surface area contributed by atoms with E-state index in [0.717, 1.165) is 35.3 Å². The lowest BCUT2D eigenvalue weighted by Crippen LogP contribution is -2.31. The van der Waals surface area contributed by atoms with Crippen molar-refractivity contribution in [1.82, 2.24) is 25.1 Å². The van der Waals surface area contributed by atoms with Gasteiger partial charge in [-0.3, -0.25) is 9.97 Å². The van der Waals surface area contributed by atoms with E-state index >= 15 is 0 Å². The number of rotatable bonds is 6. The van der Waals surface area contributed by atoms with Gasteiger partial charge in [0.05, 0.1) is 22.4 Å². The summed E-state index contributed by atoms with van der Waals surface area (Å²) in [5.41, 5.74) is 9.89. The van der Waals surface area contributed by atoms with E-state index in [9.17, 15) is 5.11 Å². The van der Waals surface area contributed by atoms with Crippen LogP contribution in [0.15, 0.2) is 65.4 Å². The lowest BCUT2D eigenvalue weighted by Gasteiger charge is -2.28. The molecule has 5 aromatic rings. The zero-order chi connectivity index (χ0) is 24.2. The molecule has 0 bridgehead atoms. The first-order valence-electron chi connectivity index (χ1n) is 11.8. The molecule has 35 heavy (non-hydrogen) atoms. The maximum absolute atomic E-state index is 12.5. The summed E-state index contributed by atoms with van der Waals surface area (Å²) < 4.78 is 5.53. The van der Waals surface area contributed by atoms with Crippen LogP contribution in [0.25, 0.3) is 22.2 Å². The molecule has 1 fully saturated rings. The molecule has 6 rings (SSSR count). The number of pyridine rings is 2. The van der Waals surface area contributed by atoms with Crippen LogP contribution in [0, 0.1) is 6.92 Å². The van der Waals surface area contributed by atoms with Crippen LogP contribution >= 0.6 is 0 Å². The number of aliphatic hydroxyl groups is 1. The van der Waals surface area contributed by atoms with Crippen molar-refractivity contribution >= 4 is 11.0 Å². The number of nitrogens with zero attached hydrogens (tertiary/aromatic N) is 4. The van der Waals surface area contributed by atoms with Gasteiger partial charge in [0.25, 0.3) is 0 Å². The molecule has 4 aromatic heterocycles. The van der Waals surface area contributed by atoms with E-state index in [1.54, 1.807) is 24.5 Å². The molecule has 8 nitrogen and oxygen atoms in total. The van der Waals surface area contributed by atoms with E-state index in [1.807, 2.05) is 50.2 Å². The highest BCUT2D eigenvalue weighted by Gasteiger charge is 2.40. The fourth-order valence-corrected chi connectivity index (χ4v) is 4.72. The number of nitrogens with two attached hydrogens (primary N) is 1. The van der Waals surface area contributed by atoms with Crippen molar-refractivity contribution in [3.05, 3.63) is 95.2 Å². The molecule has 1 aliphatic rings. The van der Waals surface area contributed by atoms with Crippen molar-refractivity contribution in [2.45, 2.75) is 44.2 Å². The normalized spacial score (nSPS) is 15.0. The summed E-state index contributed by atoms with van der Waals surface area (Å²) in [6.07, 6.45) is 5.55. The molecule has 0 saturated heterocycles. The molecule has 1 aliphatic carbocycles. The number of imidazole rings is 1. The molecular formula is C27H26N6O2. The topological polar surface area (TPSA) is 127 Å². The minimum atomic E-state index is -1.65. The van der Waals surface area contributed by atoms with Crippen LogP contribution < -0.4 is 5.73 Å². The number of benzene rings is 1. The maximum atomic E-state index is 12.5. The summed E-state index contributed by atoms with van der Waals surface area (Å²) in [6, 6.07) is 14.6. The fourth-order valence-electron chi connectivity index (χ4n) is 4.72. The van der Waals surface area contributed by atoms with Crippen molar-refractivity contribution in [1.29, 1.82) is 0 Å². The second kappa shape index (κ2) is 8.11. The summed E-state index contributed by atoms with van der Waals surface area (Å²) in [4.78, 5) is 17.5. The van der Waals surface area contributed by atoms with Gasteiger partial charge < -0.3 is 20.3 Å². The Morgan fingerprint density at radius 1 is 1.09 bits per heavy atom. The van der Waals surface area contributed by atoms with E-state index in [-0.39, 0.29) is 6.04 Å². The molecule has 0 unspecified atom stereocenters. The van der Waals surface area contributed by atoms with Gasteiger partial charge >= 0.3 is 0 Å². The lowest BCUT2D eigenvalue weighted by atomic mass is 9.83. The monoisotopic (exact) mass is 466 g/mol. The summed E-state index contributed by atoms with van der Waals surface area (Å²) in [5.74, 6) is 1.99. The molecule has 1 aromatic carbocycles. The molecular weight excluding hydrogens is 440 g/mol. The Balaban J connectivity index is 1.69. The summed E-state index contributed by atoms with van der Waals surface area (Å²) in [5, 5.41) is 16.7. The molecule has 1 atom stereocenters. The maximum Gasteiger partial charge on any atom is 0.176 e. The van der Waals surface area contributed by atoms with Crippen LogP contribution in [0.1, 0.15) is 66.0 Å². The molecule has 0 spiro atoms. The molecule has 0 aliphatic heterocycles. The highest BCUT2D eigenvalue weighted by molar-refractivity contribution is 5.88. The summed E-state index contributed by atoms with van der Waals surface area (Å²) >= 11 is 0. The third-order valence-corrected chi connectivity index (χ3v) is 6.64. The summed E-state index contributed by atoms with van der Waals surface area (Å²) in [6.45, 7) is 3.74. The number of hydrogen-bond donors (Lipinski definition) is 3. The van der Waals surface area contributed by atoms with Crippen LogP contribution in [-0.4, -0.2) is 30.2 Å². The third-order valence-electron chi connectivity index (χ3n) is 6.64. The second-order valence-corrected chi connectivity index (χ2v) is 9.24. The number of aryl methyl sites for hydroxylation is 1. The SMILES string of the molecule is Cc1onc([C@@H](C)N)c1-c1cc(C(O)(c2ccccn2)c2ccccn2)c2nc(C3CC3)[nH]c2c1. The second-order valence-electron chi connectivity index (χ2n) is 9.24. The standard InChI is InChI=1S/C27H26N6O2/c1-15(28)24-23(16(2)35-33-24)18-13-19(25-20(14-18)31-26(32-25)17-9-10-17)27(34,21-7-3-5-11-29-21)22-8-4-6-12-30-22/h3-8,11-15,17,34H,9-10,28H2,1-2H3,(H,31,32)/t15-/m1/s1. The van der Waals surface area contributed by atoms with Gasteiger partial charge in [0, 0.05) is 35.5 Å². The number of hydrogen-bond acceptors (Lipinski definition) is 7. The van der Waals surface area contributed by atoms with Crippen molar-refractivity contribution < 1.29 is 9.63 Å². The Morgan fingerprint density at radius 3 is 2.34 bits per heavy atom. The molecule has 4 N–H and O–H groups in total. The van der Waals surface area contributed by atoms with Crippen LogP contribution in [0.3, 0.4) is 0 Å². The Hall–Kier alpha value is -3.88. The molecule has 8 heteroatoms. The Kier molecular flexibility index (Phi) is 5.01. The highest BCUT2D eigenvalue weighted by Crippen LogP contribution is 2.44. The Bertz CT molecular complexity index is 1460. The molecule has 1 saturated carbocycles. The average Bonchev–Trinajstić information content (AvgIpc) is 3.53. The van der Waals surface area contributed by atoms with E-state index in [4.69, 9.17) is 15.2 Å². The predicted molar refractivity (Wildman–Crippen MR) is 131 cm³/mol. The fraction of sp³-hybridized carbons (Fsp3) is 0.259. The lowest BCUT2D eigenvalue weighted by molar-refractivity contribution is 0.117. The van der Waals surface area contributed by atoms with Gasteiger partial charge in [-0.1, -0.05) is 17.3 Å². The number of aromatic nitrogens is 5. The Morgan fingerprint density at radius 2 is 1.77 bits per heavy atom. The molecule has 0 radical (unpaired) electrons. The first-order valence-corrected chi connectivity index (χ1v) is 11.8. The quantitative estimate of drug-likeness (QED) is 0.336. The number of H-pyrrole nitrogens is 1. The molecule has 4 heterocycles. The van der Waals surface area contributed by atoms with Crippen molar-refractivity contribution in [2.75, 3.05) is 0 Å². The van der Waals surface area contributed by atoms with E-state index in [2.05, 4.69) is 20.1 Å². The zero-order valence-electron chi connectivity index (χ0n) is 19.6. The van der Waals surface area contributed by atoms with Gasteiger partial charge in [-0.05, 0) is 68.7 Å². The van der Waals surface area contributed by atoms with Crippen LogP contribution in [0.5, 0.6) is 0 Å². The highest BCUT2D eigenvalue weighted by atomic mass is 16.5. The zero-order valence-corrected chi connectivity index (χ0v) is 19.6. The first-order chi connectivity index (χ1) is 17.0. The van der Waals surface area contributed by atoms with Crippen molar-refractivity contribution in [2.24, 2.45) is 5.73 Å². The average molecular weight is 467 g/mol. The Labute approximate surface area is 202 Å². The molecule has 0 amide bonds. The first kappa shape index (κ1) is 21.6. The van der Waals surface area contributed by atoms with Gasteiger partial charge in [-0.25, -0.2) is 4.98 Å². The van der Waals surface area contributed by atoms with Gasteiger partial charge in [-0.15, -0.1) is 0 Å². The van der Waals surface area contributed by atoms with Gasteiger partial charge in [0.1, 0.15) is 17.3 Å². The third kappa shape index (κ3) is 3.53. The smallest absolute Gasteiger partial charge is 0.176 e. The summed E-state index contributed by atoms with van der Waals surface area (Å²) in [7, 11) is 0. The van der Waals surface area contributed by atoms with E-state index in [0.29, 0.717) is 39.8 Å². The van der Waals surface area contributed by atoms with E-state index in [1.165, 1.54) is 0 Å².